The Labute approximate surface area is 108 Å². The number of hydrogen-bond acceptors (Lipinski definition) is 2. The summed E-state index contributed by atoms with van der Waals surface area (Å²) in [7, 11) is 0. The molecular formula is C14H21N3O. The third kappa shape index (κ3) is 3.95. The molecule has 0 radical (unpaired) electrons. The van der Waals surface area contributed by atoms with Crippen molar-refractivity contribution < 1.29 is 4.79 Å². The molecule has 0 aliphatic heterocycles. The van der Waals surface area contributed by atoms with Gasteiger partial charge >= 0.3 is 6.03 Å². The zero-order chi connectivity index (χ0) is 12.8. The van der Waals surface area contributed by atoms with Gasteiger partial charge in [0, 0.05) is 18.3 Å². The number of nitrogens with two attached hydrogens (primary N) is 1. The van der Waals surface area contributed by atoms with Gasteiger partial charge in [0.1, 0.15) is 0 Å². The van der Waals surface area contributed by atoms with Crippen LogP contribution in [0.5, 0.6) is 0 Å². The summed E-state index contributed by atoms with van der Waals surface area (Å²) in [5.41, 5.74) is 7.41. The molecule has 0 saturated heterocycles. The van der Waals surface area contributed by atoms with Crippen LogP contribution in [0.25, 0.3) is 0 Å². The molecule has 4 N–H and O–H groups in total. The maximum Gasteiger partial charge on any atom is 0.315 e. The fourth-order valence-electron chi connectivity index (χ4n) is 2.30. The van der Waals surface area contributed by atoms with Gasteiger partial charge in [0.2, 0.25) is 0 Å². The van der Waals surface area contributed by atoms with E-state index in [2.05, 4.69) is 10.6 Å². The monoisotopic (exact) mass is 247 g/mol. The van der Waals surface area contributed by atoms with Gasteiger partial charge in [0.25, 0.3) is 0 Å². The predicted octanol–water partition coefficient (Wildman–Crippen LogP) is 2.40. The van der Waals surface area contributed by atoms with Gasteiger partial charge in [-0.2, -0.15) is 0 Å². The minimum Gasteiger partial charge on any atom is -0.399 e. The zero-order valence-electron chi connectivity index (χ0n) is 10.6. The van der Waals surface area contributed by atoms with Crippen LogP contribution in [-0.4, -0.2) is 12.1 Å². The van der Waals surface area contributed by atoms with Crippen LogP contribution >= 0.6 is 0 Å². The van der Waals surface area contributed by atoms with Crippen LogP contribution in [0.2, 0.25) is 0 Å². The Kier molecular flexibility index (Phi) is 4.45. The molecule has 2 rings (SSSR count). The molecule has 1 aliphatic rings. The number of benzene rings is 1. The lowest BCUT2D eigenvalue weighted by molar-refractivity contribution is 0.232. The first kappa shape index (κ1) is 12.7. The Bertz CT molecular complexity index is 383. The zero-order valence-corrected chi connectivity index (χ0v) is 10.6. The van der Waals surface area contributed by atoms with Gasteiger partial charge in [-0.25, -0.2) is 4.79 Å². The van der Waals surface area contributed by atoms with Gasteiger partial charge < -0.3 is 16.4 Å². The topological polar surface area (TPSA) is 67.1 Å². The number of urea groups is 1. The lowest BCUT2D eigenvalue weighted by Gasteiger charge is -2.22. The van der Waals surface area contributed by atoms with Gasteiger partial charge in [0.15, 0.2) is 0 Å². The number of rotatable bonds is 3. The first-order chi connectivity index (χ1) is 8.74. The Morgan fingerprint density at radius 1 is 1.17 bits per heavy atom. The molecule has 0 spiro atoms. The highest BCUT2D eigenvalue weighted by molar-refractivity contribution is 5.74. The molecule has 1 saturated carbocycles. The lowest BCUT2D eigenvalue weighted by Crippen LogP contribution is -2.42. The van der Waals surface area contributed by atoms with Gasteiger partial charge in [-0.15, -0.1) is 0 Å². The van der Waals surface area contributed by atoms with Crippen LogP contribution in [0.1, 0.15) is 37.7 Å². The van der Waals surface area contributed by atoms with E-state index in [-0.39, 0.29) is 6.03 Å². The maximum absolute atomic E-state index is 11.7. The second-order valence-electron chi connectivity index (χ2n) is 4.90. The van der Waals surface area contributed by atoms with Crippen molar-refractivity contribution in [2.75, 3.05) is 5.73 Å². The summed E-state index contributed by atoms with van der Waals surface area (Å²) in [5, 5.41) is 5.90. The van der Waals surface area contributed by atoms with E-state index in [9.17, 15) is 4.79 Å². The number of carbonyl (C=O) groups is 1. The molecule has 18 heavy (non-hydrogen) atoms. The van der Waals surface area contributed by atoms with Crippen LogP contribution in [0.3, 0.4) is 0 Å². The molecule has 0 unspecified atom stereocenters. The summed E-state index contributed by atoms with van der Waals surface area (Å²) >= 11 is 0. The SMILES string of the molecule is Nc1ccc(CNC(=O)NC2CCCCC2)cc1. The number of nitrogens with one attached hydrogen (secondary N) is 2. The Morgan fingerprint density at radius 3 is 2.50 bits per heavy atom. The number of anilines is 1. The summed E-state index contributed by atoms with van der Waals surface area (Å²) in [5.74, 6) is 0. The van der Waals surface area contributed by atoms with E-state index in [1.54, 1.807) is 0 Å². The van der Waals surface area contributed by atoms with Crippen molar-refractivity contribution in [3.05, 3.63) is 29.8 Å². The third-order valence-corrected chi connectivity index (χ3v) is 3.37. The Morgan fingerprint density at radius 2 is 1.83 bits per heavy atom. The van der Waals surface area contributed by atoms with E-state index < -0.39 is 0 Å². The Hall–Kier alpha value is -1.71. The van der Waals surface area contributed by atoms with E-state index in [0.717, 1.165) is 24.1 Å². The number of hydrogen-bond donors (Lipinski definition) is 3. The average Bonchev–Trinajstić information content (AvgIpc) is 2.39. The summed E-state index contributed by atoms with van der Waals surface area (Å²) in [6, 6.07) is 7.82. The molecule has 1 aromatic carbocycles. The molecule has 1 aliphatic carbocycles. The van der Waals surface area contributed by atoms with Crippen molar-refractivity contribution in [3.63, 3.8) is 0 Å². The summed E-state index contributed by atoms with van der Waals surface area (Å²) in [4.78, 5) is 11.7. The second-order valence-corrected chi connectivity index (χ2v) is 4.90. The number of nitrogen functional groups attached to an aromatic ring is 1. The molecule has 0 heterocycles. The van der Waals surface area contributed by atoms with Crippen LogP contribution in [0.15, 0.2) is 24.3 Å². The van der Waals surface area contributed by atoms with E-state index in [1.165, 1.54) is 19.3 Å². The molecular weight excluding hydrogens is 226 g/mol. The molecule has 0 bridgehead atoms. The van der Waals surface area contributed by atoms with Gasteiger partial charge in [-0.1, -0.05) is 31.4 Å². The van der Waals surface area contributed by atoms with E-state index in [4.69, 9.17) is 5.73 Å². The van der Waals surface area contributed by atoms with Crippen LogP contribution in [-0.2, 0) is 6.54 Å². The average molecular weight is 247 g/mol. The van der Waals surface area contributed by atoms with Gasteiger partial charge in [-0.05, 0) is 30.5 Å². The third-order valence-electron chi connectivity index (χ3n) is 3.37. The molecule has 1 fully saturated rings. The summed E-state index contributed by atoms with van der Waals surface area (Å²) in [6.45, 7) is 0.541. The summed E-state index contributed by atoms with van der Waals surface area (Å²) in [6.07, 6.45) is 5.96. The minimum atomic E-state index is -0.0706. The molecule has 4 heteroatoms. The number of amides is 2. The highest BCUT2D eigenvalue weighted by atomic mass is 16.2. The van der Waals surface area contributed by atoms with E-state index in [0.29, 0.717) is 12.6 Å². The highest BCUT2D eigenvalue weighted by Gasteiger charge is 2.15. The standard InChI is InChI=1S/C14H21N3O/c15-12-8-6-11(7-9-12)10-16-14(18)17-13-4-2-1-3-5-13/h6-9,13H,1-5,10,15H2,(H2,16,17,18). The largest absolute Gasteiger partial charge is 0.399 e. The molecule has 98 valence electrons. The van der Waals surface area contributed by atoms with Crippen molar-refractivity contribution >= 4 is 11.7 Å². The fraction of sp³-hybridized carbons (Fsp3) is 0.500. The summed E-state index contributed by atoms with van der Waals surface area (Å²) < 4.78 is 0. The second kappa shape index (κ2) is 6.28. The van der Waals surface area contributed by atoms with Crippen LogP contribution < -0.4 is 16.4 Å². The first-order valence-corrected chi connectivity index (χ1v) is 6.63. The van der Waals surface area contributed by atoms with Crippen LogP contribution in [0.4, 0.5) is 10.5 Å². The van der Waals surface area contributed by atoms with Gasteiger partial charge in [0.05, 0.1) is 0 Å². The van der Waals surface area contributed by atoms with E-state index >= 15 is 0 Å². The molecule has 4 nitrogen and oxygen atoms in total. The Balaban J connectivity index is 1.72. The highest BCUT2D eigenvalue weighted by Crippen LogP contribution is 2.17. The van der Waals surface area contributed by atoms with Crippen molar-refractivity contribution in [3.8, 4) is 0 Å². The minimum absolute atomic E-state index is 0.0706. The normalized spacial score (nSPS) is 16.2. The predicted molar refractivity (Wildman–Crippen MR) is 73.1 cm³/mol. The van der Waals surface area contributed by atoms with Gasteiger partial charge in [-0.3, -0.25) is 0 Å². The maximum atomic E-state index is 11.7. The van der Waals surface area contributed by atoms with E-state index in [1.807, 2.05) is 24.3 Å². The van der Waals surface area contributed by atoms with Crippen molar-refractivity contribution in [1.29, 1.82) is 0 Å². The lowest BCUT2D eigenvalue weighted by atomic mass is 9.96. The van der Waals surface area contributed by atoms with Crippen molar-refractivity contribution in [2.24, 2.45) is 0 Å². The van der Waals surface area contributed by atoms with Crippen LogP contribution in [0, 0.1) is 0 Å². The molecule has 1 aromatic rings. The quantitative estimate of drug-likeness (QED) is 0.718. The molecule has 0 atom stereocenters. The molecule has 0 aromatic heterocycles. The smallest absolute Gasteiger partial charge is 0.315 e. The van der Waals surface area contributed by atoms with Crippen molar-refractivity contribution in [2.45, 2.75) is 44.7 Å². The fourth-order valence-corrected chi connectivity index (χ4v) is 2.30. The van der Waals surface area contributed by atoms with Crippen molar-refractivity contribution in [1.82, 2.24) is 10.6 Å². The number of carbonyl (C=O) groups excluding carboxylic acids is 1. The first-order valence-electron chi connectivity index (χ1n) is 6.63. The molecule has 2 amide bonds.